The second-order valence-corrected chi connectivity index (χ2v) is 15.2. The molecule has 2 unspecified atom stereocenters. The van der Waals surface area contributed by atoms with E-state index in [4.69, 9.17) is 18.9 Å². The number of aliphatic hydroxyl groups excluding tert-OH is 1. The minimum absolute atomic E-state index is 0.146. The van der Waals surface area contributed by atoms with Gasteiger partial charge in [0.25, 0.3) is 11.8 Å². The van der Waals surface area contributed by atoms with Crippen LogP contribution in [0.2, 0.25) is 0 Å². The number of aromatic nitrogens is 4. The summed E-state index contributed by atoms with van der Waals surface area (Å²) in [5.41, 5.74) is 6.10. The molecule has 2 aromatic heterocycles. The zero-order valence-electron chi connectivity index (χ0n) is 35.4. The summed E-state index contributed by atoms with van der Waals surface area (Å²) in [7, 11) is 4.39. The highest BCUT2D eigenvalue weighted by Gasteiger charge is 2.39. The van der Waals surface area contributed by atoms with Crippen molar-refractivity contribution in [1.82, 2.24) is 30.2 Å². The van der Waals surface area contributed by atoms with Crippen LogP contribution in [-0.4, -0.2) is 117 Å². The second-order valence-electron chi connectivity index (χ2n) is 15.2. The van der Waals surface area contributed by atoms with Gasteiger partial charge >= 0.3 is 17.9 Å². The smallest absolute Gasteiger partial charge is 0.337 e. The predicted octanol–water partition coefficient (Wildman–Crippen LogP) is 6.12. The topological polar surface area (TPSA) is 227 Å². The summed E-state index contributed by atoms with van der Waals surface area (Å²) in [5, 5.41) is 32.9. The number of methoxy groups -OCH3 is 3. The molecule has 17 nitrogen and oxygen atoms in total. The van der Waals surface area contributed by atoms with Crippen molar-refractivity contribution in [2.45, 2.75) is 44.1 Å². The van der Waals surface area contributed by atoms with Crippen LogP contribution in [0.1, 0.15) is 84.4 Å². The summed E-state index contributed by atoms with van der Waals surface area (Å²) in [6.07, 6.45) is 6.45. The Hall–Kier alpha value is -7.79. The number of carbonyl (C=O) groups is 5. The summed E-state index contributed by atoms with van der Waals surface area (Å²) < 4.78 is 21.3. The molecule has 4 aromatic carbocycles. The number of aromatic amines is 2. The number of aromatic carboxylic acids is 1. The number of hydrogen-bond donors (Lipinski definition) is 4. The van der Waals surface area contributed by atoms with Crippen molar-refractivity contribution >= 4 is 29.7 Å². The average Bonchev–Trinajstić information content (AvgIpc) is 4.17. The number of nitrogens with zero attached hydrogens (tertiary/aromatic N) is 4. The zero-order valence-corrected chi connectivity index (χ0v) is 35.4. The van der Waals surface area contributed by atoms with Gasteiger partial charge in [0, 0.05) is 65.7 Å². The molecule has 0 saturated carbocycles. The Balaban J connectivity index is 0.000000193. The Kier molecular flexibility index (Phi) is 13.5. The van der Waals surface area contributed by atoms with Gasteiger partial charge < -0.3 is 39.0 Å². The van der Waals surface area contributed by atoms with Gasteiger partial charge in [-0.25, -0.2) is 9.59 Å². The van der Waals surface area contributed by atoms with Gasteiger partial charge in [-0.05, 0) is 78.2 Å². The van der Waals surface area contributed by atoms with E-state index in [1.165, 1.54) is 27.2 Å². The molecule has 0 spiro atoms. The lowest BCUT2D eigenvalue weighted by Gasteiger charge is -2.25. The highest BCUT2D eigenvalue weighted by Crippen LogP contribution is 2.38. The predicted molar refractivity (Wildman–Crippen MR) is 231 cm³/mol. The van der Waals surface area contributed by atoms with Gasteiger partial charge in [0.1, 0.15) is 17.6 Å². The number of H-pyrrole nitrogens is 2. The van der Waals surface area contributed by atoms with Gasteiger partial charge in [0.15, 0.2) is 0 Å². The van der Waals surface area contributed by atoms with Crippen LogP contribution in [0.5, 0.6) is 11.5 Å². The first-order valence-electron chi connectivity index (χ1n) is 20.2. The standard InChI is InChI=1S/C25H25N3O6.C22H21N3O5/c1-15(29)34-20-11-22(16-5-4-6-18(9-16)25(31)33-3)28(14-20)24(30)17-7-8-21(23(10-17)32-2)19-12-26-27-13-19;1-30-20-8-14(5-6-18(20)16-10-23-24-11-16)21(27)25-12-17(26)9-19(25)13-3-2-4-15(7-13)22(28)29/h4-10,12-13,20,22H,11,14H2,1-3H3,(H,26,27);2-8,10-11,17,19,26H,9,12H2,1H3,(H,23,24)(H,28,29)/t20?,22-;17?,19-/m11/s1. The summed E-state index contributed by atoms with van der Waals surface area (Å²) in [4.78, 5) is 65.1. The first-order valence-corrected chi connectivity index (χ1v) is 20.2. The number of hydrogen-bond acceptors (Lipinski definition) is 12. The normalized spacial score (nSPS) is 17.8. The fourth-order valence-corrected chi connectivity index (χ4v) is 8.14. The van der Waals surface area contributed by atoms with Crippen molar-refractivity contribution in [3.63, 3.8) is 0 Å². The van der Waals surface area contributed by atoms with Gasteiger partial charge in [-0.1, -0.05) is 24.3 Å². The van der Waals surface area contributed by atoms with Gasteiger partial charge in [-0.15, -0.1) is 0 Å². The SMILES string of the molecule is COC(=O)c1cccc([C@H]2CC(OC(C)=O)CN2C(=O)c2ccc(-c3cn[nH]c3)c(OC)c2)c1.COc1cc(C(=O)N2CC(O)C[C@@H]2c2cccc(C(=O)O)c2)ccc1-c1cn[nH]c1. The number of ether oxygens (including phenoxy) is 4. The number of β-amino-alcohol motifs (C(OH)–C–C–N with tert-alkyl or cyclic N) is 1. The van der Waals surface area contributed by atoms with E-state index in [0.29, 0.717) is 46.6 Å². The van der Waals surface area contributed by atoms with Crippen LogP contribution < -0.4 is 9.47 Å². The van der Waals surface area contributed by atoms with Crippen LogP contribution in [0.3, 0.4) is 0 Å². The van der Waals surface area contributed by atoms with Crippen molar-refractivity contribution < 1.29 is 53.1 Å². The molecule has 8 rings (SSSR count). The van der Waals surface area contributed by atoms with Crippen LogP contribution in [-0.2, 0) is 14.3 Å². The summed E-state index contributed by atoms with van der Waals surface area (Å²) in [6.45, 7) is 1.75. The molecule has 330 valence electrons. The summed E-state index contributed by atoms with van der Waals surface area (Å²) in [5.74, 6) is -1.33. The third-order valence-corrected chi connectivity index (χ3v) is 11.1. The molecule has 2 amide bonds. The van der Waals surface area contributed by atoms with Gasteiger partial charge in [0.2, 0.25) is 0 Å². The van der Waals surface area contributed by atoms with Crippen molar-refractivity contribution in [2.75, 3.05) is 34.4 Å². The Morgan fingerprint density at radius 2 is 1.17 bits per heavy atom. The zero-order chi connectivity index (χ0) is 45.5. The highest BCUT2D eigenvalue weighted by molar-refractivity contribution is 5.97. The molecule has 2 saturated heterocycles. The number of nitrogens with one attached hydrogen (secondary N) is 2. The van der Waals surface area contributed by atoms with Crippen LogP contribution in [0.25, 0.3) is 22.3 Å². The molecule has 4 heterocycles. The van der Waals surface area contributed by atoms with Crippen LogP contribution in [0, 0.1) is 0 Å². The van der Waals surface area contributed by atoms with E-state index in [0.717, 1.165) is 27.8 Å². The van der Waals surface area contributed by atoms with E-state index in [1.807, 2.05) is 12.1 Å². The number of benzene rings is 4. The maximum Gasteiger partial charge on any atom is 0.337 e. The van der Waals surface area contributed by atoms with E-state index >= 15 is 0 Å². The molecule has 17 heteroatoms. The number of carboxylic acids is 1. The molecule has 0 radical (unpaired) electrons. The lowest BCUT2D eigenvalue weighted by atomic mass is 10.00. The van der Waals surface area contributed by atoms with E-state index in [9.17, 15) is 34.2 Å². The van der Waals surface area contributed by atoms with Crippen LogP contribution in [0.4, 0.5) is 0 Å². The third kappa shape index (κ3) is 9.64. The number of aliphatic hydroxyl groups is 1. The molecule has 0 aliphatic carbocycles. The highest BCUT2D eigenvalue weighted by atomic mass is 16.5. The van der Waals surface area contributed by atoms with Crippen molar-refractivity contribution in [2.24, 2.45) is 0 Å². The van der Waals surface area contributed by atoms with Crippen molar-refractivity contribution in [1.29, 1.82) is 0 Å². The van der Waals surface area contributed by atoms with E-state index < -0.39 is 36.2 Å². The van der Waals surface area contributed by atoms with Crippen LogP contribution in [0.15, 0.2) is 110 Å². The molecule has 64 heavy (non-hydrogen) atoms. The van der Waals surface area contributed by atoms with Crippen LogP contribution >= 0.6 is 0 Å². The molecule has 2 aliphatic rings. The maximum absolute atomic E-state index is 13.6. The number of rotatable bonds is 11. The fourth-order valence-electron chi connectivity index (χ4n) is 8.14. The largest absolute Gasteiger partial charge is 0.496 e. The molecule has 2 aliphatic heterocycles. The first-order chi connectivity index (χ1) is 30.9. The second kappa shape index (κ2) is 19.5. The number of carboxylic acid groups (broad SMARTS) is 1. The minimum Gasteiger partial charge on any atom is -0.496 e. The first kappa shape index (κ1) is 44.3. The minimum atomic E-state index is -1.03. The Morgan fingerprint density at radius 1 is 0.656 bits per heavy atom. The monoisotopic (exact) mass is 870 g/mol. The lowest BCUT2D eigenvalue weighted by Crippen LogP contribution is -2.32. The van der Waals surface area contributed by atoms with Gasteiger partial charge in [-0.2, -0.15) is 10.2 Å². The van der Waals surface area contributed by atoms with Gasteiger partial charge in [0.05, 0.1) is 69.6 Å². The maximum atomic E-state index is 13.6. The van der Waals surface area contributed by atoms with Crippen molar-refractivity contribution in [3.05, 3.63) is 143 Å². The van der Waals surface area contributed by atoms with Gasteiger partial charge in [-0.3, -0.25) is 24.6 Å². The third-order valence-electron chi connectivity index (χ3n) is 11.1. The summed E-state index contributed by atoms with van der Waals surface area (Å²) in [6, 6.07) is 23.0. The van der Waals surface area contributed by atoms with E-state index in [1.54, 1.807) is 108 Å². The molecular weight excluding hydrogens is 825 g/mol. The number of carbonyl (C=O) groups excluding carboxylic acids is 4. The lowest BCUT2D eigenvalue weighted by molar-refractivity contribution is -0.145. The Bertz CT molecular complexity index is 2650. The Morgan fingerprint density at radius 3 is 1.66 bits per heavy atom. The number of esters is 2. The molecule has 2 fully saturated rings. The molecule has 4 atom stereocenters. The van der Waals surface area contributed by atoms with E-state index in [2.05, 4.69) is 20.4 Å². The molecule has 0 bridgehead atoms. The molecule has 6 aromatic rings. The quantitative estimate of drug-likeness (QED) is 0.108. The number of amides is 2. The molecular formula is C47H46N6O11. The number of likely N-dealkylation sites (tertiary alicyclic amines) is 2. The molecule has 4 N–H and O–H groups in total. The van der Waals surface area contributed by atoms with Crippen molar-refractivity contribution in [3.8, 4) is 33.8 Å². The fraction of sp³-hybridized carbons (Fsp3) is 0.255. The summed E-state index contributed by atoms with van der Waals surface area (Å²) >= 11 is 0. The average molecular weight is 871 g/mol. The van der Waals surface area contributed by atoms with E-state index in [-0.39, 0.29) is 36.5 Å². The Labute approximate surface area is 367 Å².